The number of nitrogens with zero attached hydrogens (tertiary/aromatic N) is 2. The normalized spacial score (nSPS) is 15.0. The molecular formula is C21H21N3O5. The molecule has 150 valence electrons. The van der Waals surface area contributed by atoms with E-state index in [1.165, 1.54) is 0 Å². The molecule has 0 spiro atoms. The molecule has 0 fully saturated rings. The summed E-state index contributed by atoms with van der Waals surface area (Å²) in [6.07, 6.45) is 1.46. The lowest BCUT2D eigenvalue weighted by Gasteiger charge is -2.23. The number of carbonyl (C=O) groups is 1. The van der Waals surface area contributed by atoms with Gasteiger partial charge < -0.3 is 18.6 Å². The van der Waals surface area contributed by atoms with Crippen molar-refractivity contribution in [2.45, 2.75) is 25.9 Å². The molecule has 1 aromatic heterocycles. The number of para-hydroxylation sites is 2. The summed E-state index contributed by atoms with van der Waals surface area (Å²) in [7, 11) is 0. The summed E-state index contributed by atoms with van der Waals surface area (Å²) in [5.74, 6) is 1.77. The predicted molar refractivity (Wildman–Crippen MR) is 104 cm³/mol. The van der Waals surface area contributed by atoms with Gasteiger partial charge in [0, 0.05) is 5.56 Å². The molecule has 0 aliphatic carbocycles. The Morgan fingerprint density at radius 3 is 2.90 bits per heavy atom. The van der Waals surface area contributed by atoms with Crippen LogP contribution in [0.3, 0.4) is 0 Å². The van der Waals surface area contributed by atoms with Gasteiger partial charge in [-0.15, -0.1) is 5.10 Å². The Bertz CT molecular complexity index is 988. The fraction of sp³-hybridized carbons (Fsp3) is 0.286. The van der Waals surface area contributed by atoms with E-state index in [1.807, 2.05) is 24.3 Å². The summed E-state index contributed by atoms with van der Waals surface area (Å²) in [4.78, 5) is 12.5. The first kappa shape index (κ1) is 18.8. The van der Waals surface area contributed by atoms with Crippen molar-refractivity contribution in [1.82, 2.24) is 10.2 Å². The van der Waals surface area contributed by atoms with Crippen molar-refractivity contribution < 1.29 is 23.4 Å². The third kappa shape index (κ3) is 4.48. The van der Waals surface area contributed by atoms with Gasteiger partial charge in [0.05, 0.1) is 6.61 Å². The van der Waals surface area contributed by atoms with E-state index in [0.717, 1.165) is 12.8 Å². The summed E-state index contributed by atoms with van der Waals surface area (Å²) in [6, 6.07) is 14.3. The van der Waals surface area contributed by atoms with Crippen molar-refractivity contribution in [3.8, 4) is 17.2 Å². The first-order chi connectivity index (χ1) is 14.2. The number of aromatic nitrogens is 2. The average Bonchev–Trinajstić information content (AvgIpc) is 3.22. The predicted octanol–water partition coefficient (Wildman–Crippen LogP) is 4.01. The van der Waals surface area contributed by atoms with Crippen molar-refractivity contribution in [1.29, 1.82) is 0 Å². The number of nitrogens with one attached hydrogen (secondary N) is 1. The minimum atomic E-state index is -0.543. The van der Waals surface area contributed by atoms with Crippen LogP contribution in [-0.4, -0.2) is 29.3 Å². The van der Waals surface area contributed by atoms with Crippen molar-refractivity contribution in [3.63, 3.8) is 0 Å². The van der Waals surface area contributed by atoms with Gasteiger partial charge >= 0.3 is 6.01 Å². The molecule has 3 aromatic rings. The maximum atomic E-state index is 12.5. The number of fused-ring (bicyclic) bond motifs is 1. The van der Waals surface area contributed by atoms with Crippen LogP contribution in [0.25, 0.3) is 0 Å². The Morgan fingerprint density at radius 2 is 2.03 bits per heavy atom. The smallest absolute Gasteiger partial charge is 0.322 e. The number of carbonyl (C=O) groups excluding carboxylic acids is 1. The fourth-order valence-corrected chi connectivity index (χ4v) is 2.79. The maximum Gasteiger partial charge on any atom is 0.322 e. The second-order valence-electron chi connectivity index (χ2n) is 6.49. The van der Waals surface area contributed by atoms with Crippen LogP contribution in [0.1, 0.15) is 42.1 Å². The van der Waals surface area contributed by atoms with E-state index >= 15 is 0 Å². The molecule has 4 rings (SSSR count). The highest BCUT2D eigenvalue weighted by molar-refractivity contribution is 6.03. The van der Waals surface area contributed by atoms with Crippen molar-refractivity contribution in [2.24, 2.45) is 0 Å². The number of unbranched alkanes of at least 4 members (excludes halogenated alkanes) is 1. The minimum Gasteiger partial charge on any atom is -0.494 e. The van der Waals surface area contributed by atoms with Gasteiger partial charge in [-0.05, 0) is 36.8 Å². The zero-order valence-electron chi connectivity index (χ0n) is 16.0. The Kier molecular flexibility index (Phi) is 5.60. The monoisotopic (exact) mass is 395 g/mol. The molecule has 1 aliphatic rings. The van der Waals surface area contributed by atoms with Crippen LogP contribution in [0, 0.1) is 0 Å². The van der Waals surface area contributed by atoms with Gasteiger partial charge in [0.25, 0.3) is 11.8 Å². The quantitative estimate of drug-likeness (QED) is 0.604. The van der Waals surface area contributed by atoms with Gasteiger partial charge in [-0.1, -0.05) is 36.6 Å². The highest BCUT2D eigenvalue weighted by Gasteiger charge is 2.27. The van der Waals surface area contributed by atoms with E-state index in [4.69, 9.17) is 18.6 Å². The number of anilines is 1. The van der Waals surface area contributed by atoms with E-state index in [2.05, 4.69) is 22.4 Å². The molecule has 2 heterocycles. The summed E-state index contributed by atoms with van der Waals surface area (Å²) < 4.78 is 22.7. The molecule has 0 radical (unpaired) electrons. The van der Waals surface area contributed by atoms with Crippen molar-refractivity contribution in [3.05, 3.63) is 60.0 Å². The Hall–Kier alpha value is -3.55. The molecular weight excluding hydrogens is 374 g/mol. The molecule has 1 atom stereocenters. The van der Waals surface area contributed by atoms with Crippen molar-refractivity contribution in [2.75, 3.05) is 18.5 Å². The standard InChI is InChI=1S/C21H21N3O5/c1-2-3-11-26-15-8-6-7-14(12-15)19(25)22-21-24-23-20(29-21)18-13-27-16-9-4-5-10-17(16)28-18/h4-10,12,18H,2-3,11,13H2,1H3,(H,22,24,25)/t18-/m0/s1. The zero-order chi connectivity index (χ0) is 20.1. The molecule has 1 aliphatic heterocycles. The van der Waals surface area contributed by atoms with Gasteiger partial charge in [-0.3, -0.25) is 10.1 Å². The summed E-state index contributed by atoms with van der Waals surface area (Å²) in [5.41, 5.74) is 0.435. The molecule has 1 amide bonds. The number of benzene rings is 2. The third-order valence-electron chi connectivity index (χ3n) is 4.31. The Balaban J connectivity index is 1.39. The first-order valence-corrected chi connectivity index (χ1v) is 9.49. The molecule has 8 heteroatoms. The average molecular weight is 395 g/mol. The van der Waals surface area contributed by atoms with E-state index < -0.39 is 6.10 Å². The lowest BCUT2D eigenvalue weighted by Crippen LogP contribution is -2.21. The van der Waals surface area contributed by atoms with Crippen LogP contribution < -0.4 is 19.5 Å². The lowest BCUT2D eigenvalue weighted by atomic mass is 10.2. The number of ether oxygens (including phenoxy) is 3. The highest BCUT2D eigenvalue weighted by Crippen LogP contribution is 2.35. The lowest BCUT2D eigenvalue weighted by molar-refractivity contribution is 0.0716. The van der Waals surface area contributed by atoms with Crippen LogP contribution in [0.5, 0.6) is 17.2 Å². The fourth-order valence-electron chi connectivity index (χ4n) is 2.79. The van der Waals surface area contributed by atoms with Crippen LogP contribution in [0.15, 0.2) is 52.9 Å². The third-order valence-corrected chi connectivity index (χ3v) is 4.31. The number of hydrogen-bond donors (Lipinski definition) is 1. The van der Waals surface area contributed by atoms with Gasteiger partial charge in [0.1, 0.15) is 12.4 Å². The second kappa shape index (κ2) is 8.64. The molecule has 29 heavy (non-hydrogen) atoms. The van der Waals surface area contributed by atoms with E-state index in [-0.39, 0.29) is 24.4 Å². The van der Waals surface area contributed by atoms with Crippen LogP contribution in [0.2, 0.25) is 0 Å². The van der Waals surface area contributed by atoms with Gasteiger partial charge in [0.15, 0.2) is 11.5 Å². The maximum absolute atomic E-state index is 12.5. The van der Waals surface area contributed by atoms with E-state index in [9.17, 15) is 4.79 Å². The Labute approximate surface area is 167 Å². The number of hydrogen-bond acceptors (Lipinski definition) is 7. The molecule has 1 N–H and O–H groups in total. The van der Waals surface area contributed by atoms with Crippen LogP contribution in [0.4, 0.5) is 6.01 Å². The summed E-state index contributed by atoms with van der Waals surface area (Å²) >= 11 is 0. The SMILES string of the molecule is CCCCOc1cccc(C(=O)Nc2nnc([C@@H]3COc4ccccc4O3)o2)c1. The first-order valence-electron chi connectivity index (χ1n) is 9.49. The van der Waals surface area contributed by atoms with Crippen molar-refractivity contribution >= 4 is 11.9 Å². The second-order valence-corrected chi connectivity index (χ2v) is 6.49. The molecule has 8 nitrogen and oxygen atoms in total. The van der Waals surface area contributed by atoms with Crippen LogP contribution in [-0.2, 0) is 0 Å². The Morgan fingerprint density at radius 1 is 1.17 bits per heavy atom. The highest BCUT2D eigenvalue weighted by atomic mass is 16.6. The van der Waals surface area contributed by atoms with E-state index in [1.54, 1.807) is 24.3 Å². The van der Waals surface area contributed by atoms with Gasteiger partial charge in [-0.25, -0.2) is 0 Å². The molecule has 0 saturated heterocycles. The van der Waals surface area contributed by atoms with Gasteiger partial charge in [-0.2, -0.15) is 0 Å². The number of rotatable bonds is 7. The van der Waals surface area contributed by atoms with Crippen LogP contribution >= 0.6 is 0 Å². The van der Waals surface area contributed by atoms with Gasteiger partial charge in [0.2, 0.25) is 6.10 Å². The number of amides is 1. The molecule has 0 bridgehead atoms. The largest absolute Gasteiger partial charge is 0.494 e. The van der Waals surface area contributed by atoms with E-state index in [0.29, 0.717) is 29.4 Å². The zero-order valence-corrected chi connectivity index (χ0v) is 16.0. The molecule has 0 saturated carbocycles. The molecule has 2 aromatic carbocycles. The minimum absolute atomic E-state index is 0.00948. The topological polar surface area (TPSA) is 95.7 Å². The summed E-state index contributed by atoms with van der Waals surface area (Å²) in [6.45, 7) is 2.94. The summed E-state index contributed by atoms with van der Waals surface area (Å²) in [5, 5.41) is 10.4. The molecule has 0 unspecified atom stereocenters.